The summed E-state index contributed by atoms with van der Waals surface area (Å²) in [7, 11) is 2.79. The molecule has 0 radical (unpaired) electrons. The molecule has 296 valence electrons. The number of benzene rings is 2. The Morgan fingerprint density at radius 2 is 1.39 bits per heavy atom. The van der Waals surface area contributed by atoms with Gasteiger partial charge in [-0.3, -0.25) is 14.5 Å². The average Bonchev–Trinajstić information content (AvgIpc) is 3.81. The summed E-state index contributed by atoms with van der Waals surface area (Å²) in [4.78, 5) is 72.1. The fourth-order valence-electron chi connectivity index (χ4n) is 8.66. The number of likely N-dealkylation sites (tertiary alicyclic amines) is 2. The van der Waals surface area contributed by atoms with Gasteiger partial charge in [-0.2, -0.15) is 0 Å². The molecule has 4 N–H and O–H groups in total. The molecule has 2 aromatic carbocycles. The van der Waals surface area contributed by atoms with Gasteiger partial charge < -0.3 is 39.3 Å². The molecule has 0 spiro atoms. The number of carbonyl (C=O) groups excluding carboxylic acids is 3. The van der Waals surface area contributed by atoms with Crippen LogP contribution in [-0.4, -0.2) is 103 Å². The van der Waals surface area contributed by atoms with Gasteiger partial charge in [0.25, 0.3) is 0 Å². The number of likely N-dealkylation sites (N-methyl/N-ethyl adjacent to an activating group) is 1. The Bertz CT molecular complexity index is 2320. The van der Waals surface area contributed by atoms with Crippen molar-refractivity contribution in [3.8, 4) is 33.8 Å². The number of rotatable bonds is 11. The predicted octanol–water partition coefficient (Wildman–Crippen LogP) is 6.73. The molecule has 4 atom stereocenters. The van der Waals surface area contributed by atoms with E-state index in [0.29, 0.717) is 18.9 Å². The van der Waals surface area contributed by atoms with Gasteiger partial charge in [0.15, 0.2) is 0 Å². The van der Waals surface area contributed by atoms with E-state index in [0.717, 1.165) is 107 Å². The standard InChI is InChI=1S/C42H46N8O7/c1-48(42(54)55)36(26-13-14-26)40(52)50-18-4-6-32(50)38-43-21-29(45-38)23-7-9-24(10-8-23)34-20-28-19-27(15-16-33(28)57-34)30-22-44-37(46-30)31-5-3-17-49(31)39(51)35(25-11-12-25)47-41(53)56-2/h7-10,15-16,19-22,25-26,31-32,35-36H,3-6,11-14,17-18H2,1-2H3,(H,43,45)(H,44,46)(H,47,53)(H,54,55)/t31-,32-,35-,36-/m0/s1. The van der Waals surface area contributed by atoms with Crippen molar-refractivity contribution in [3.63, 3.8) is 0 Å². The SMILES string of the molecule is COC(=O)N[C@H](C(=O)N1CCC[C@H]1c1ncc(-c2ccc3oc(-c4ccc(-c5cnc([C@@H]6CCCN6C(=O)[C@H](C6CC6)N(C)C(=O)O)[nH]5)cc4)cc3c2)[nH]1)C1CC1. The Kier molecular flexibility index (Phi) is 9.45. The highest BCUT2D eigenvalue weighted by Crippen LogP contribution is 2.41. The van der Waals surface area contributed by atoms with E-state index in [2.05, 4.69) is 26.3 Å². The number of imidazole rings is 2. The minimum Gasteiger partial charge on any atom is -0.465 e. The van der Waals surface area contributed by atoms with Gasteiger partial charge in [0.2, 0.25) is 11.8 Å². The zero-order valence-corrected chi connectivity index (χ0v) is 31.9. The molecule has 2 saturated carbocycles. The van der Waals surface area contributed by atoms with Crippen molar-refractivity contribution in [1.29, 1.82) is 0 Å². The maximum Gasteiger partial charge on any atom is 0.407 e. The van der Waals surface area contributed by atoms with E-state index in [1.807, 2.05) is 47.4 Å². The van der Waals surface area contributed by atoms with E-state index in [9.17, 15) is 24.3 Å². The third-order valence-corrected chi connectivity index (χ3v) is 12.1. The van der Waals surface area contributed by atoms with Crippen LogP contribution in [0.3, 0.4) is 0 Å². The van der Waals surface area contributed by atoms with Crippen molar-refractivity contribution < 1.29 is 33.4 Å². The number of nitrogens with one attached hydrogen (secondary N) is 3. The number of fused-ring (bicyclic) bond motifs is 1. The number of aromatic amines is 2. The van der Waals surface area contributed by atoms with Crippen LogP contribution in [0.2, 0.25) is 0 Å². The van der Waals surface area contributed by atoms with E-state index in [1.54, 1.807) is 17.3 Å². The minimum atomic E-state index is -1.09. The highest BCUT2D eigenvalue weighted by Gasteiger charge is 2.46. The highest BCUT2D eigenvalue weighted by molar-refractivity contribution is 5.89. The molecule has 15 heteroatoms. The molecule has 0 bridgehead atoms. The smallest absolute Gasteiger partial charge is 0.407 e. The van der Waals surface area contributed by atoms with E-state index < -0.39 is 24.3 Å². The van der Waals surface area contributed by atoms with Gasteiger partial charge in [-0.15, -0.1) is 0 Å². The van der Waals surface area contributed by atoms with Gasteiger partial charge in [0.05, 0.1) is 43.0 Å². The van der Waals surface area contributed by atoms with E-state index >= 15 is 0 Å². The number of hydrogen-bond donors (Lipinski definition) is 4. The lowest BCUT2D eigenvalue weighted by Crippen LogP contribution is -2.50. The summed E-state index contributed by atoms with van der Waals surface area (Å²) in [6, 6.07) is 14.4. The second-order valence-electron chi connectivity index (χ2n) is 15.8. The van der Waals surface area contributed by atoms with Crippen LogP contribution in [-0.2, 0) is 14.3 Å². The summed E-state index contributed by atoms with van der Waals surface area (Å²) >= 11 is 0. The van der Waals surface area contributed by atoms with Gasteiger partial charge in [-0.05, 0) is 93.0 Å². The predicted molar refractivity (Wildman–Crippen MR) is 209 cm³/mol. The fraction of sp³-hybridized carbons (Fsp3) is 0.429. The maximum absolute atomic E-state index is 13.7. The van der Waals surface area contributed by atoms with Crippen molar-refractivity contribution in [2.24, 2.45) is 11.8 Å². The van der Waals surface area contributed by atoms with Crippen molar-refractivity contribution >= 4 is 35.0 Å². The lowest BCUT2D eigenvalue weighted by atomic mass is 10.1. The lowest BCUT2D eigenvalue weighted by Gasteiger charge is -2.31. The third-order valence-electron chi connectivity index (χ3n) is 12.1. The molecule has 5 aromatic rings. The first-order chi connectivity index (χ1) is 27.7. The van der Waals surface area contributed by atoms with Crippen LogP contribution in [0, 0.1) is 11.8 Å². The quantitative estimate of drug-likeness (QED) is 0.113. The zero-order chi connectivity index (χ0) is 39.4. The number of carbonyl (C=O) groups is 4. The average molecular weight is 775 g/mol. The number of ether oxygens (including phenoxy) is 1. The minimum absolute atomic E-state index is 0.0714. The fourth-order valence-corrected chi connectivity index (χ4v) is 8.66. The molecule has 3 aromatic heterocycles. The van der Waals surface area contributed by atoms with Gasteiger partial charge in [-0.25, -0.2) is 19.6 Å². The monoisotopic (exact) mass is 774 g/mol. The molecule has 9 rings (SSSR count). The number of carboxylic acid groups (broad SMARTS) is 1. The topological polar surface area (TPSA) is 190 Å². The first kappa shape index (κ1) is 36.5. The van der Waals surface area contributed by atoms with E-state index in [-0.39, 0.29) is 35.7 Å². The molecule has 5 heterocycles. The molecule has 2 aliphatic carbocycles. The zero-order valence-electron chi connectivity index (χ0n) is 31.9. The van der Waals surface area contributed by atoms with Gasteiger partial charge in [0, 0.05) is 36.7 Å². The van der Waals surface area contributed by atoms with Crippen LogP contribution in [0.1, 0.15) is 75.1 Å². The first-order valence-electron chi connectivity index (χ1n) is 19.8. The maximum atomic E-state index is 13.7. The van der Waals surface area contributed by atoms with Gasteiger partial charge in [-0.1, -0.05) is 24.3 Å². The first-order valence-corrected chi connectivity index (χ1v) is 19.8. The number of furan rings is 1. The van der Waals surface area contributed by atoms with Crippen molar-refractivity contribution in [3.05, 3.63) is 72.6 Å². The molecule has 2 aliphatic heterocycles. The molecule has 57 heavy (non-hydrogen) atoms. The van der Waals surface area contributed by atoms with Gasteiger partial charge in [0.1, 0.15) is 35.1 Å². The summed E-state index contributed by atoms with van der Waals surface area (Å²) < 4.78 is 11.1. The largest absolute Gasteiger partial charge is 0.465 e. The lowest BCUT2D eigenvalue weighted by molar-refractivity contribution is -0.138. The van der Waals surface area contributed by atoms with Crippen LogP contribution >= 0.6 is 0 Å². The number of hydrogen-bond acceptors (Lipinski definition) is 8. The van der Waals surface area contributed by atoms with Gasteiger partial charge >= 0.3 is 12.2 Å². The Hall–Kier alpha value is -6.12. The molecule has 2 saturated heterocycles. The third kappa shape index (κ3) is 7.10. The number of aromatic nitrogens is 4. The summed E-state index contributed by atoms with van der Waals surface area (Å²) in [5.41, 5.74) is 5.21. The van der Waals surface area contributed by atoms with Crippen LogP contribution < -0.4 is 5.32 Å². The highest BCUT2D eigenvalue weighted by atomic mass is 16.5. The number of amides is 4. The summed E-state index contributed by atoms with van der Waals surface area (Å²) in [5.74, 6) is 2.13. The van der Waals surface area contributed by atoms with Crippen molar-refractivity contribution in [1.82, 2.24) is 40.0 Å². The van der Waals surface area contributed by atoms with Crippen molar-refractivity contribution in [2.45, 2.75) is 75.5 Å². The second-order valence-corrected chi connectivity index (χ2v) is 15.8. The van der Waals surface area contributed by atoms with Crippen LogP contribution in [0.5, 0.6) is 0 Å². The van der Waals surface area contributed by atoms with Crippen LogP contribution in [0.4, 0.5) is 9.59 Å². The number of methoxy groups -OCH3 is 1. The summed E-state index contributed by atoms with van der Waals surface area (Å²) in [6.45, 7) is 1.19. The Labute approximate surface area is 328 Å². The van der Waals surface area contributed by atoms with E-state index in [1.165, 1.54) is 14.2 Å². The Balaban J connectivity index is 0.878. The summed E-state index contributed by atoms with van der Waals surface area (Å²) in [5, 5.41) is 13.3. The molecule has 15 nitrogen and oxygen atoms in total. The molecule has 0 unspecified atom stereocenters. The molecule has 4 amide bonds. The molecular formula is C42H46N8O7. The molecular weight excluding hydrogens is 729 g/mol. The summed E-state index contributed by atoms with van der Waals surface area (Å²) in [6.07, 6.45) is 8.67. The Morgan fingerprint density at radius 1 is 0.807 bits per heavy atom. The molecule has 4 aliphatic rings. The Morgan fingerprint density at radius 3 is 1.98 bits per heavy atom. The second kappa shape index (κ2) is 14.8. The molecule has 4 fully saturated rings. The normalized spacial score (nSPS) is 20.5. The number of nitrogens with zero attached hydrogens (tertiary/aromatic N) is 5. The van der Waals surface area contributed by atoms with E-state index in [4.69, 9.17) is 14.1 Å². The number of alkyl carbamates (subject to hydrolysis) is 1. The van der Waals surface area contributed by atoms with Crippen LogP contribution in [0.15, 0.2) is 65.3 Å². The van der Waals surface area contributed by atoms with Crippen molar-refractivity contribution in [2.75, 3.05) is 27.2 Å². The number of H-pyrrole nitrogens is 2. The van der Waals surface area contributed by atoms with Crippen LogP contribution in [0.25, 0.3) is 44.8 Å².